The zero-order valence-electron chi connectivity index (χ0n) is 10.4. The summed E-state index contributed by atoms with van der Waals surface area (Å²) in [6.07, 6.45) is 5.09. The molecular weight excluding hydrogens is 218 g/mol. The van der Waals surface area contributed by atoms with Crippen molar-refractivity contribution in [2.24, 2.45) is 13.0 Å². The molecule has 2 rings (SSSR count). The molecule has 0 aromatic carbocycles. The van der Waals surface area contributed by atoms with Crippen LogP contribution in [-0.4, -0.2) is 27.4 Å². The third-order valence-electron chi connectivity index (χ3n) is 3.51. The molecule has 2 N–H and O–H groups in total. The van der Waals surface area contributed by atoms with Crippen LogP contribution in [0.2, 0.25) is 0 Å². The number of aromatic nitrogens is 2. The van der Waals surface area contributed by atoms with Gasteiger partial charge in [-0.25, -0.2) is 4.79 Å². The Bertz CT molecular complexity index is 422. The Morgan fingerprint density at radius 3 is 2.82 bits per heavy atom. The van der Waals surface area contributed by atoms with Crippen LogP contribution >= 0.6 is 0 Å². The zero-order chi connectivity index (χ0) is 12.4. The average Bonchev–Trinajstić information content (AvgIpc) is 2.45. The van der Waals surface area contributed by atoms with E-state index >= 15 is 0 Å². The van der Waals surface area contributed by atoms with Crippen molar-refractivity contribution in [1.29, 1.82) is 0 Å². The average molecular weight is 237 g/mol. The van der Waals surface area contributed by atoms with Gasteiger partial charge >= 0.3 is 5.97 Å². The molecule has 1 aromatic heterocycles. The molecule has 0 unspecified atom stereocenters. The fourth-order valence-electron chi connectivity index (χ4n) is 2.29. The van der Waals surface area contributed by atoms with E-state index < -0.39 is 5.97 Å². The molecule has 5 nitrogen and oxygen atoms in total. The SMILES string of the molecule is Cc1nn(C)c(NCCC2CCC2)c1C(=O)O. The van der Waals surface area contributed by atoms with Crippen molar-refractivity contribution in [3.63, 3.8) is 0 Å². The van der Waals surface area contributed by atoms with E-state index in [9.17, 15) is 4.79 Å². The first-order valence-electron chi connectivity index (χ1n) is 6.10. The summed E-state index contributed by atoms with van der Waals surface area (Å²) in [6, 6.07) is 0. The second-order valence-electron chi connectivity index (χ2n) is 4.75. The minimum atomic E-state index is -0.915. The number of hydrogen-bond acceptors (Lipinski definition) is 3. The molecule has 1 heterocycles. The number of nitrogens with one attached hydrogen (secondary N) is 1. The summed E-state index contributed by atoms with van der Waals surface area (Å²) in [5, 5.41) is 16.5. The molecule has 0 radical (unpaired) electrons. The molecule has 0 bridgehead atoms. The second kappa shape index (κ2) is 4.77. The lowest BCUT2D eigenvalue weighted by Crippen LogP contribution is -2.17. The number of anilines is 1. The fourth-order valence-corrected chi connectivity index (χ4v) is 2.29. The van der Waals surface area contributed by atoms with E-state index in [-0.39, 0.29) is 0 Å². The van der Waals surface area contributed by atoms with Gasteiger partial charge < -0.3 is 10.4 Å². The lowest BCUT2D eigenvalue weighted by molar-refractivity contribution is 0.0697. The van der Waals surface area contributed by atoms with Crippen LogP contribution in [0.3, 0.4) is 0 Å². The summed E-state index contributed by atoms with van der Waals surface area (Å²) < 4.78 is 1.61. The van der Waals surface area contributed by atoms with Crippen LogP contribution in [0.1, 0.15) is 41.7 Å². The lowest BCUT2D eigenvalue weighted by Gasteiger charge is -2.25. The highest BCUT2D eigenvalue weighted by atomic mass is 16.4. The van der Waals surface area contributed by atoms with E-state index in [1.165, 1.54) is 19.3 Å². The Kier molecular flexibility index (Phi) is 3.36. The van der Waals surface area contributed by atoms with Gasteiger partial charge in [0.15, 0.2) is 0 Å². The number of carbonyl (C=O) groups is 1. The predicted molar refractivity (Wildman–Crippen MR) is 65.4 cm³/mol. The van der Waals surface area contributed by atoms with Gasteiger partial charge in [0.25, 0.3) is 0 Å². The van der Waals surface area contributed by atoms with Gasteiger partial charge in [0.1, 0.15) is 11.4 Å². The van der Waals surface area contributed by atoms with Gasteiger partial charge in [0, 0.05) is 13.6 Å². The van der Waals surface area contributed by atoms with Gasteiger partial charge in [-0.15, -0.1) is 0 Å². The van der Waals surface area contributed by atoms with Crippen molar-refractivity contribution in [3.8, 4) is 0 Å². The molecule has 1 saturated carbocycles. The minimum absolute atomic E-state index is 0.293. The van der Waals surface area contributed by atoms with Crippen LogP contribution in [0.25, 0.3) is 0 Å². The number of aryl methyl sites for hydroxylation is 2. The largest absolute Gasteiger partial charge is 0.477 e. The highest BCUT2D eigenvalue weighted by Crippen LogP contribution is 2.29. The predicted octanol–water partition coefficient (Wildman–Crippen LogP) is 2.03. The van der Waals surface area contributed by atoms with E-state index in [4.69, 9.17) is 5.11 Å². The molecule has 1 fully saturated rings. The van der Waals surface area contributed by atoms with Crippen LogP contribution in [0.15, 0.2) is 0 Å². The highest BCUT2D eigenvalue weighted by molar-refractivity contribution is 5.94. The van der Waals surface area contributed by atoms with Crippen molar-refractivity contribution in [3.05, 3.63) is 11.3 Å². The Labute approximate surface area is 101 Å². The summed E-state index contributed by atoms with van der Waals surface area (Å²) in [5.74, 6) is 0.529. The maximum absolute atomic E-state index is 11.1. The van der Waals surface area contributed by atoms with Crippen molar-refractivity contribution >= 4 is 11.8 Å². The number of rotatable bonds is 5. The molecular formula is C12H19N3O2. The Balaban J connectivity index is 2.00. The van der Waals surface area contributed by atoms with Crippen molar-refractivity contribution in [2.75, 3.05) is 11.9 Å². The number of carboxylic acids is 1. The van der Waals surface area contributed by atoms with E-state index in [1.807, 2.05) is 0 Å². The van der Waals surface area contributed by atoms with E-state index in [0.29, 0.717) is 17.1 Å². The van der Waals surface area contributed by atoms with Crippen LogP contribution in [0.5, 0.6) is 0 Å². The number of aromatic carboxylic acids is 1. The fraction of sp³-hybridized carbons (Fsp3) is 0.667. The third kappa shape index (κ3) is 2.43. The topological polar surface area (TPSA) is 67.2 Å². The third-order valence-corrected chi connectivity index (χ3v) is 3.51. The molecule has 94 valence electrons. The molecule has 17 heavy (non-hydrogen) atoms. The van der Waals surface area contributed by atoms with Gasteiger partial charge in [-0.2, -0.15) is 5.10 Å². The van der Waals surface area contributed by atoms with Crippen LogP contribution < -0.4 is 5.32 Å². The van der Waals surface area contributed by atoms with E-state index in [0.717, 1.165) is 18.9 Å². The number of nitrogens with zero attached hydrogens (tertiary/aromatic N) is 2. The summed E-state index contributed by atoms with van der Waals surface area (Å²) >= 11 is 0. The number of carboxylic acid groups (broad SMARTS) is 1. The molecule has 0 spiro atoms. The van der Waals surface area contributed by atoms with Crippen LogP contribution in [0.4, 0.5) is 5.82 Å². The maximum Gasteiger partial charge on any atom is 0.341 e. The summed E-state index contributed by atoms with van der Waals surface area (Å²) in [7, 11) is 1.77. The van der Waals surface area contributed by atoms with Crippen molar-refractivity contribution in [2.45, 2.75) is 32.6 Å². The molecule has 5 heteroatoms. The molecule has 0 atom stereocenters. The van der Waals surface area contributed by atoms with Gasteiger partial charge in [0.2, 0.25) is 0 Å². The molecule has 1 aromatic rings. The van der Waals surface area contributed by atoms with Gasteiger partial charge in [0.05, 0.1) is 5.69 Å². The monoisotopic (exact) mass is 237 g/mol. The molecule has 0 saturated heterocycles. The first-order valence-corrected chi connectivity index (χ1v) is 6.10. The summed E-state index contributed by atoms with van der Waals surface area (Å²) in [5.41, 5.74) is 0.854. The first kappa shape index (κ1) is 12.0. The van der Waals surface area contributed by atoms with Crippen LogP contribution in [0, 0.1) is 12.8 Å². The molecule has 1 aliphatic carbocycles. The number of hydrogen-bond donors (Lipinski definition) is 2. The van der Waals surface area contributed by atoms with Gasteiger partial charge in [-0.1, -0.05) is 19.3 Å². The summed E-state index contributed by atoms with van der Waals surface area (Å²) in [6.45, 7) is 2.55. The molecule has 0 aliphatic heterocycles. The molecule has 0 amide bonds. The highest BCUT2D eigenvalue weighted by Gasteiger charge is 2.20. The normalized spacial score (nSPS) is 15.6. The minimum Gasteiger partial charge on any atom is -0.477 e. The quantitative estimate of drug-likeness (QED) is 0.822. The van der Waals surface area contributed by atoms with Gasteiger partial charge in [-0.3, -0.25) is 4.68 Å². The van der Waals surface area contributed by atoms with E-state index in [1.54, 1.807) is 18.7 Å². The Morgan fingerprint density at radius 1 is 1.59 bits per heavy atom. The standard InChI is InChI=1S/C12H19N3O2/c1-8-10(12(16)17)11(15(2)14-8)13-7-6-9-4-3-5-9/h9,13H,3-7H2,1-2H3,(H,16,17). The van der Waals surface area contributed by atoms with Crippen molar-refractivity contribution in [1.82, 2.24) is 9.78 Å². The van der Waals surface area contributed by atoms with Crippen molar-refractivity contribution < 1.29 is 9.90 Å². The maximum atomic E-state index is 11.1. The second-order valence-corrected chi connectivity index (χ2v) is 4.75. The summed E-state index contributed by atoms with van der Waals surface area (Å²) in [4.78, 5) is 11.1. The Morgan fingerprint density at radius 2 is 2.29 bits per heavy atom. The lowest BCUT2D eigenvalue weighted by atomic mass is 9.83. The smallest absolute Gasteiger partial charge is 0.341 e. The van der Waals surface area contributed by atoms with E-state index in [2.05, 4.69) is 10.4 Å². The Hall–Kier alpha value is -1.52. The van der Waals surface area contributed by atoms with Gasteiger partial charge in [-0.05, 0) is 19.3 Å². The first-order chi connectivity index (χ1) is 8.09. The molecule has 1 aliphatic rings. The zero-order valence-corrected chi connectivity index (χ0v) is 10.4. The van der Waals surface area contributed by atoms with Crippen LogP contribution in [-0.2, 0) is 7.05 Å².